The van der Waals surface area contributed by atoms with Gasteiger partial charge >= 0.3 is 0 Å². The Balaban J connectivity index is 3.12. The second kappa shape index (κ2) is 3.89. The zero-order valence-corrected chi connectivity index (χ0v) is 7.54. The molecule has 0 amide bonds. The van der Waals surface area contributed by atoms with Crippen LogP contribution in [0.25, 0.3) is 0 Å². The minimum Gasteiger partial charge on any atom is -0.505 e. The molecule has 78 valence electrons. The van der Waals surface area contributed by atoms with Crippen LogP contribution in [0.4, 0.5) is 8.78 Å². The summed E-state index contributed by atoms with van der Waals surface area (Å²) in [6.45, 7) is 1.52. The Morgan fingerprint density at radius 2 is 1.93 bits per heavy atom. The summed E-state index contributed by atoms with van der Waals surface area (Å²) in [5.41, 5.74) is 5.41. The van der Waals surface area contributed by atoms with E-state index in [0.29, 0.717) is 0 Å². The van der Waals surface area contributed by atoms with Crippen LogP contribution >= 0.6 is 0 Å². The summed E-state index contributed by atoms with van der Waals surface area (Å²) >= 11 is 0. The number of rotatable bonds is 2. The smallest absolute Gasteiger partial charge is 0.200 e. The number of hydrogen-bond donors (Lipinski definition) is 3. The summed E-state index contributed by atoms with van der Waals surface area (Å²) in [5, 5.41) is 18.4. The van der Waals surface area contributed by atoms with Crippen molar-refractivity contribution in [1.29, 1.82) is 0 Å². The lowest BCUT2D eigenvalue weighted by atomic mass is 10.0. The van der Waals surface area contributed by atoms with Crippen LogP contribution in [0.5, 0.6) is 5.75 Å². The molecule has 0 bridgehead atoms. The second-order valence-corrected chi connectivity index (χ2v) is 3.14. The lowest BCUT2D eigenvalue weighted by Gasteiger charge is -2.15. The number of phenolic OH excluding ortho intramolecular Hbond substituents is 1. The molecule has 0 unspecified atom stereocenters. The maximum Gasteiger partial charge on any atom is 0.200 e. The van der Waals surface area contributed by atoms with Crippen LogP contribution in [0, 0.1) is 11.6 Å². The van der Waals surface area contributed by atoms with E-state index in [1.54, 1.807) is 0 Å². The quantitative estimate of drug-likeness (QED) is 0.673. The molecule has 1 aromatic carbocycles. The third-order valence-corrected chi connectivity index (χ3v) is 1.87. The number of nitrogens with two attached hydrogens (primary N) is 1. The van der Waals surface area contributed by atoms with Gasteiger partial charge in [0.2, 0.25) is 0 Å². The van der Waals surface area contributed by atoms with Gasteiger partial charge in [-0.3, -0.25) is 0 Å². The first kappa shape index (κ1) is 10.9. The van der Waals surface area contributed by atoms with Crippen molar-refractivity contribution in [3.8, 4) is 5.75 Å². The van der Waals surface area contributed by atoms with Gasteiger partial charge in [-0.05, 0) is 24.6 Å². The van der Waals surface area contributed by atoms with Crippen LogP contribution in [-0.2, 0) is 0 Å². The van der Waals surface area contributed by atoms with E-state index in [4.69, 9.17) is 10.8 Å². The van der Waals surface area contributed by atoms with E-state index in [-0.39, 0.29) is 5.56 Å². The molecule has 5 heteroatoms. The molecule has 0 aliphatic rings. The minimum absolute atomic E-state index is 0.0522. The molecular formula is C9H11F2NO2. The Kier molecular flexibility index (Phi) is 3.03. The SMILES string of the molecule is C[C@@H](N)[C@H](O)c1cc(O)c(F)c(F)c1. The molecule has 0 saturated heterocycles. The standard InChI is InChI=1S/C9H11F2NO2/c1-4(12)9(14)5-2-6(10)8(11)7(13)3-5/h2-4,9,13-14H,12H2,1H3/t4-,9+/m1/s1. The van der Waals surface area contributed by atoms with Crippen molar-refractivity contribution in [2.75, 3.05) is 0 Å². The summed E-state index contributed by atoms with van der Waals surface area (Å²) in [6.07, 6.45) is -1.13. The molecule has 0 fully saturated rings. The van der Waals surface area contributed by atoms with Crippen LogP contribution in [0.3, 0.4) is 0 Å². The summed E-state index contributed by atoms with van der Waals surface area (Å²) in [6, 6.07) is 1.13. The van der Waals surface area contributed by atoms with E-state index in [2.05, 4.69) is 0 Å². The number of aliphatic hydroxyl groups is 1. The van der Waals surface area contributed by atoms with Gasteiger partial charge in [0.05, 0.1) is 6.10 Å². The molecular weight excluding hydrogens is 192 g/mol. The summed E-state index contributed by atoms with van der Waals surface area (Å²) in [5.74, 6) is -3.37. The van der Waals surface area contributed by atoms with Gasteiger partial charge in [0.15, 0.2) is 17.4 Å². The lowest BCUT2D eigenvalue weighted by molar-refractivity contribution is 0.152. The van der Waals surface area contributed by atoms with Crippen molar-refractivity contribution in [1.82, 2.24) is 0 Å². The Bertz CT molecular complexity index is 319. The van der Waals surface area contributed by atoms with Gasteiger partial charge in [-0.1, -0.05) is 0 Å². The zero-order chi connectivity index (χ0) is 10.9. The minimum atomic E-state index is -1.33. The van der Waals surface area contributed by atoms with Gasteiger partial charge in [-0.25, -0.2) is 4.39 Å². The zero-order valence-electron chi connectivity index (χ0n) is 7.54. The van der Waals surface area contributed by atoms with E-state index in [1.165, 1.54) is 6.92 Å². The third-order valence-electron chi connectivity index (χ3n) is 1.87. The van der Waals surface area contributed by atoms with E-state index in [1.807, 2.05) is 0 Å². The van der Waals surface area contributed by atoms with Crippen molar-refractivity contribution in [3.63, 3.8) is 0 Å². The average Bonchev–Trinajstić information content (AvgIpc) is 2.12. The van der Waals surface area contributed by atoms with Gasteiger partial charge < -0.3 is 15.9 Å². The number of hydrogen-bond acceptors (Lipinski definition) is 3. The Labute approximate surface area is 79.8 Å². The molecule has 1 aromatic rings. The molecule has 0 radical (unpaired) electrons. The molecule has 0 aromatic heterocycles. The van der Waals surface area contributed by atoms with Gasteiger partial charge in [0, 0.05) is 6.04 Å². The third kappa shape index (κ3) is 2.00. The van der Waals surface area contributed by atoms with Crippen LogP contribution in [-0.4, -0.2) is 16.3 Å². The average molecular weight is 203 g/mol. The fraction of sp³-hybridized carbons (Fsp3) is 0.333. The first-order valence-corrected chi connectivity index (χ1v) is 4.05. The normalized spacial score (nSPS) is 15.2. The highest BCUT2D eigenvalue weighted by Crippen LogP contribution is 2.25. The Morgan fingerprint density at radius 1 is 1.36 bits per heavy atom. The van der Waals surface area contributed by atoms with Crippen molar-refractivity contribution >= 4 is 0 Å². The number of halogens is 2. The fourth-order valence-corrected chi connectivity index (χ4v) is 1.07. The van der Waals surface area contributed by atoms with Crippen molar-refractivity contribution in [3.05, 3.63) is 29.3 Å². The van der Waals surface area contributed by atoms with E-state index < -0.39 is 29.5 Å². The maximum atomic E-state index is 12.8. The highest BCUT2D eigenvalue weighted by atomic mass is 19.2. The monoisotopic (exact) mass is 203 g/mol. The van der Waals surface area contributed by atoms with E-state index in [9.17, 15) is 13.9 Å². The van der Waals surface area contributed by atoms with E-state index in [0.717, 1.165) is 12.1 Å². The number of phenols is 1. The Morgan fingerprint density at radius 3 is 2.36 bits per heavy atom. The molecule has 0 aliphatic heterocycles. The van der Waals surface area contributed by atoms with Crippen LogP contribution < -0.4 is 5.73 Å². The molecule has 3 nitrogen and oxygen atoms in total. The molecule has 0 heterocycles. The largest absolute Gasteiger partial charge is 0.505 e. The lowest BCUT2D eigenvalue weighted by Crippen LogP contribution is -2.24. The first-order valence-electron chi connectivity index (χ1n) is 4.05. The molecule has 4 N–H and O–H groups in total. The van der Waals surface area contributed by atoms with Gasteiger partial charge in [-0.15, -0.1) is 0 Å². The van der Waals surface area contributed by atoms with Crippen LogP contribution in [0.1, 0.15) is 18.6 Å². The summed E-state index contributed by atoms with van der Waals surface area (Å²) < 4.78 is 25.4. The Hall–Kier alpha value is -1.20. The summed E-state index contributed by atoms with van der Waals surface area (Å²) in [4.78, 5) is 0. The van der Waals surface area contributed by atoms with Crippen molar-refractivity contribution < 1.29 is 19.0 Å². The molecule has 0 saturated carbocycles. The van der Waals surface area contributed by atoms with Crippen LogP contribution in [0.2, 0.25) is 0 Å². The first-order chi connectivity index (χ1) is 6.43. The number of benzene rings is 1. The van der Waals surface area contributed by atoms with Crippen molar-refractivity contribution in [2.24, 2.45) is 5.73 Å². The van der Waals surface area contributed by atoms with Gasteiger partial charge in [-0.2, -0.15) is 4.39 Å². The highest BCUT2D eigenvalue weighted by Gasteiger charge is 2.17. The van der Waals surface area contributed by atoms with Crippen LogP contribution in [0.15, 0.2) is 12.1 Å². The highest BCUT2D eigenvalue weighted by molar-refractivity contribution is 5.32. The molecule has 2 atom stereocenters. The second-order valence-electron chi connectivity index (χ2n) is 3.14. The molecule has 0 aliphatic carbocycles. The number of aromatic hydroxyl groups is 1. The number of aliphatic hydroxyl groups excluding tert-OH is 1. The van der Waals surface area contributed by atoms with Gasteiger partial charge in [0.1, 0.15) is 0 Å². The predicted octanol–water partition coefficient (Wildman–Crippen LogP) is 1.05. The molecule has 14 heavy (non-hydrogen) atoms. The molecule has 1 rings (SSSR count). The fourth-order valence-electron chi connectivity index (χ4n) is 1.07. The van der Waals surface area contributed by atoms with Crippen molar-refractivity contribution in [2.45, 2.75) is 19.1 Å². The predicted molar refractivity (Wildman–Crippen MR) is 46.6 cm³/mol. The van der Waals surface area contributed by atoms with Gasteiger partial charge in [0.25, 0.3) is 0 Å². The summed E-state index contributed by atoms with van der Waals surface area (Å²) in [7, 11) is 0. The molecule has 0 spiro atoms. The maximum absolute atomic E-state index is 12.8. The van der Waals surface area contributed by atoms with E-state index >= 15 is 0 Å². The topological polar surface area (TPSA) is 66.5 Å².